The van der Waals surface area contributed by atoms with E-state index in [1.54, 1.807) is 12.3 Å². The van der Waals surface area contributed by atoms with Crippen LogP contribution in [0.5, 0.6) is 0 Å². The van der Waals surface area contributed by atoms with E-state index >= 15 is 0 Å². The summed E-state index contributed by atoms with van der Waals surface area (Å²) in [4.78, 5) is 6.39. The van der Waals surface area contributed by atoms with Crippen LogP contribution in [-0.4, -0.2) is 30.2 Å². The van der Waals surface area contributed by atoms with Crippen molar-refractivity contribution in [2.75, 3.05) is 18.0 Å². The third-order valence-electron chi connectivity index (χ3n) is 3.83. The minimum Gasteiger partial charge on any atom is -0.350 e. The van der Waals surface area contributed by atoms with Gasteiger partial charge in [0.15, 0.2) is 11.6 Å². The summed E-state index contributed by atoms with van der Waals surface area (Å²) < 4.78 is 13.9. The molecule has 2 fully saturated rings. The van der Waals surface area contributed by atoms with Crippen LogP contribution in [-0.2, 0) is 0 Å². The fourth-order valence-corrected chi connectivity index (χ4v) is 2.70. The van der Waals surface area contributed by atoms with Crippen LogP contribution >= 0.6 is 0 Å². The van der Waals surface area contributed by atoms with Crippen molar-refractivity contribution in [1.82, 2.24) is 10.3 Å². The van der Waals surface area contributed by atoms with Gasteiger partial charge in [0.2, 0.25) is 0 Å². The van der Waals surface area contributed by atoms with Crippen LogP contribution in [0.15, 0.2) is 18.3 Å². The first-order valence-corrected chi connectivity index (χ1v) is 6.95. The van der Waals surface area contributed by atoms with Gasteiger partial charge in [0.05, 0.1) is 0 Å². The molecule has 98 valence electrons. The smallest absolute Gasteiger partial charge is 0.165 e. The Kier molecular flexibility index (Phi) is 3.46. The van der Waals surface area contributed by atoms with Gasteiger partial charge in [-0.15, -0.1) is 0 Å². The van der Waals surface area contributed by atoms with Gasteiger partial charge in [-0.1, -0.05) is 6.42 Å². The molecule has 1 saturated heterocycles. The normalized spacial score (nSPS) is 23.9. The molecule has 0 amide bonds. The highest BCUT2D eigenvalue weighted by molar-refractivity contribution is 5.42. The molecule has 0 radical (unpaired) electrons. The number of nitrogens with one attached hydrogen (secondary N) is 1. The average molecular weight is 249 g/mol. The number of aromatic nitrogens is 1. The highest BCUT2D eigenvalue weighted by Crippen LogP contribution is 2.32. The van der Waals surface area contributed by atoms with Gasteiger partial charge < -0.3 is 10.2 Å². The van der Waals surface area contributed by atoms with Gasteiger partial charge in [-0.2, -0.15) is 0 Å². The van der Waals surface area contributed by atoms with Crippen molar-refractivity contribution in [1.29, 1.82) is 0 Å². The fourth-order valence-electron chi connectivity index (χ4n) is 2.70. The van der Waals surface area contributed by atoms with Crippen molar-refractivity contribution in [2.45, 2.75) is 44.2 Å². The third kappa shape index (κ3) is 2.64. The number of hydrogen-bond acceptors (Lipinski definition) is 3. The predicted octanol–water partition coefficient (Wildman–Crippen LogP) is 2.33. The van der Waals surface area contributed by atoms with Crippen molar-refractivity contribution in [3.8, 4) is 0 Å². The van der Waals surface area contributed by atoms with Crippen molar-refractivity contribution in [2.24, 2.45) is 0 Å². The van der Waals surface area contributed by atoms with Gasteiger partial charge in [-0.25, -0.2) is 9.37 Å². The van der Waals surface area contributed by atoms with E-state index in [9.17, 15) is 4.39 Å². The molecule has 2 aliphatic rings. The Balaban J connectivity index is 1.73. The predicted molar refractivity (Wildman–Crippen MR) is 70.2 cm³/mol. The molecule has 3 nitrogen and oxygen atoms in total. The molecule has 4 heteroatoms. The summed E-state index contributed by atoms with van der Waals surface area (Å²) in [5, 5.41) is 3.53. The SMILES string of the molecule is Fc1cccnc1N(CC1CCCCN1)C1CC1. The number of hydrogen-bond donors (Lipinski definition) is 1. The maximum atomic E-state index is 13.9. The number of nitrogens with zero attached hydrogens (tertiary/aromatic N) is 2. The lowest BCUT2D eigenvalue weighted by molar-refractivity contribution is 0.396. The van der Waals surface area contributed by atoms with Crippen LogP contribution in [0.25, 0.3) is 0 Å². The molecule has 1 aliphatic heterocycles. The van der Waals surface area contributed by atoms with Crippen molar-refractivity contribution in [3.63, 3.8) is 0 Å². The highest BCUT2D eigenvalue weighted by Gasteiger charge is 2.33. The van der Waals surface area contributed by atoms with E-state index < -0.39 is 0 Å². The Morgan fingerprint density at radius 3 is 2.89 bits per heavy atom. The van der Waals surface area contributed by atoms with Crippen molar-refractivity contribution < 1.29 is 4.39 Å². The fraction of sp³-hybridized carbons (Fsp3) is 0.643. The number of rotatable bonds is 4. The minimum absolute atomic E-state index is 0.194. The summed E-state index contributed by atoms with van der Waals surface area (Å²) in [6, 6.07) is 4.15. The summed E-state index contributed by atoms with van der Waals surface area (Å²) in [7, 11) is 0. The lowest BCUT2D eigenvalue weighted by atomic mass is 10.0. The Hall–Kier alpha value is -1.16. The van der Waals surface area contributed by atoms with E-state index in [2.05, 4.69) is 15.2 Å². The van der Waals surface area contributed by atoms with Crippen molar-refractivity contribution in [3.05, 3.63) is 24.1 Å². The van der Waals surface area contributed by atoms with Crippen LogP contribution in [0.3, 0.4) is 0 Å². The first kappa shape index (κ1) is 11.9. The van der Waals surface area contributed by atoms with E-state index in [4.69, 9.17) is 0 Å². The van der Waals surface area contributed by atoms with E-state index in [1.807, 2.05) is 0 Å². The van der Waals surface area contributed by atoms with E-state index in [-0.39, 0.29) is 5.82 Å². The molecule has 0 bridgehead atoms. The van der Waals surface area contributed by atoms with Crippen LogP contribution in [0.1, 0.15) is 32.1 Å². The van der Waals surface area contributed by atoms with Gasteiger partial charge in [0, 0.05) is 24.8 Å². The monoisotopic (exact) mass is 249 g/mol. The second-order valence-electron chi connectivity index (χ2n) is 5.34. The van der Waals surface area contributed by atoms with Crippen molar-refractivity contribution >= 4 is 5.82 Å². The van der Waals surface area contributed by atoms with Gasteiger partial charge in [-0.3, -0.25) is 0 Å². The number of piperidine rings is 1. The summed E-state index contributed by atoms with van der Waals surface area (Å²) in [5.74, 6) is 0.340. The van der Waals surface area contributed by atoms with E-state index in [0.29, 0.717) is 17.9 Å². The molecule has 1 aromatic heterocycles. The van der Waals surface area contributed by atoms with Gasteiger partial charge in [0.1, 0.15) is 0 Å². The van der Waals surface area contributed by atoms with Gasteiger partial charge in [0.25, 0.3) is 0 Å². The van der Waals surface area contributed by atoms with Crippen LogP contribution in [0.4, 0.5) is 10.2 Å². The molecular formula is C14H20FN3. The standard InChI is InChI=1S/C14H20FN3/c15-13-5-3-9-17-14(13)18(12-6-7-12)10-11-4-1-2-8-16-11/h3,5,9,11-12,16H,1-2,4,6-8,10H2. The van der Waals surface area contributed by atoms with Crippen LogP contribution < -0.4 is 10.2 Å². The Bertz CT molecular complexity index is 400. The molecule has 3 rings (SSSR count). The third-order valence-corrected chi connectivity index (χ3v) is 3.83. The molecule has 1 saturated carbocycles. The Morgan fingerprint density at radius 1 is 1.33 bits per heavy atom. The van der Waals surface area contributed by atoms with Crippen LogP contribution in [0.2, 0.25) is 0 Å². The molecule has 1 unspecified atom stereocenters. The molecule has 1 N–H and O–H groups in total. The molecule has 18 heavy (non-hydrogen) atoms. The number of anilines is 1. The second kappa shape index (κ2) is 5.22. The lowest BCUT2D eigenvalue weighted by Gasteiger charge is -2.31. The summed E-state index contributed by atoms with van der Waals surface area (Å²) in [6.07, 6.45) is 7.75. The summed E-state index contributed by atoms with van der Waals surface area (Å²) >= 11 is 0. The zero-order valence-corrected chi connectivity index (χ0v) is 10.6. The zero-order valence-electron chi connectivity index (χ0n) is 10.6. The molecule has 1 atom stereocenters. The molecule has 0 aromatic carbocycles. The first-order valence-electron chi connectivity index (χ1n) is 6.95. The van der Waals surface area contributed by atoms with Gasteiger partial charge >= 0.3 is 0 Å². The second-order valence-corrected chi connectivity index (χ2v) is 5.34. The molecule has 2 heterocycles. The number of pyridine rings is 1. The average Bonchev–Trinajstić information content (AvgIpc) is 3.23. The maximum absolute atomic E-state index is 13.9. The molecule has 1 aromatic rings. The Labute approximate surface area is 107 Å². The van der Waals surface area contributed by atoms with Gasteiger partial charge in [-0.05, 0) is 44.4 Å². The minimum atomic E-state index is -0.194. The first-order chi connectivity index (χ1) is 8.84. The topological polar surface area (TPSA) is 28.2 Å². The number of halogens is 1. The maximum Gasteiger partial charge on any atom is 0.165 e. The molecular weight excluding hydrogens is 229 g/mol. The molecule has 1 aliphatic carbocycles. The largest absolute Gasteiger partial charge is 0.350 e. The van der Waals surface area contributed by atoms with E-state index in [1.165, 1.54) is 38.2 Å². The lowest BCUT2D eigenvalue weighted by Crippen LogP contribution is -2.45. The summed E-state index contributed by atoms with van der Waals surface area (Å²) in [6.45, 7) is 1.98. The zero-order chi connectivity index (χ0) is 12.4. The van der Waals surface area contributed by atoms with E-state index in [0.717, 1.165) is 13.1 Å². The van der Waals surface area contributed by atoms with Crippen LogP contribution in [0, 0.1) is 5.82 Å². The highest BCUT2D eigenvalue weighted by atomic mass is 19.1. The summed E-state index contributed by atoms with van der Waals surface area (Å²) in [5.41, 5.74) is 0. The molecule has 0 spiro atoms. The Morgan fingerprint density at radius 2 is 2.22 bits per heavy atom. The quantitative estimate of drug-likeness (QED) is 0.887.